The van der Waals surface area contributed by atoms with Crippen molar-refractivity contribution in [1.29, 1.82) is 0 Å². The van der Waals surface area contributed by atoms with E-state index in [1.165, 1.54) is 18.4 Å². The van der Waals surface area contributed by atoms with Crippen LogP contribution in [-0.2, 0) is 0 Å². The van der Waals surface area contributed by atoms with Gasteiger partial charge in [0.25, 0.3) is 6.43 Å². The average Bonchev–Trinajstić information content (AvgIpc) is 2.38. The lowest BCUT2D eigenvalue weighted by Crippen LogP contribution is -2.28. The predicted molar refractivity (Wildman–Crippen MR) is 62.8 cm³/mol. The molecule has 1 aliphatic heterocycles. The number of nitrogens with one attached hydrogen (secondary N) is 1. The van der Waals surface area contributed by atoms with Crippen LogP contribution in [0, 0.1) is 0 Å². The molecule has 0 radical (unpaired) electrons. The molecule has 0 bridgehead atoms. The standard InChI is InChI=1S/C13H17F2NO/c14-13(15)9-17-12-5-3-10(4-6-12)11-2-1-7-16-8-11/h3-6,11,13,16H,1-2,7-9H2. The van der Waals surface area contributed by atoms with Gasteiger partial charge in [0.2, 0.25) is 0 Å². The number of hydrogen-bond acceptors (Lipinski definition) is 2. The van der Waals surface area contributed by atoms with E-state index < -0.39 is 13.0 Å². The summed E-state index contributed by atoms with van der Waals surface area (Å²) in [4.78, 5) is 0. The summed E-state index contributed by atoms with van der Waals surface area (Å²) in [7, 11) is 0. The van der Waals surface area contributed by atoms with Gasteiger partial charge in [-0.05, 0) is 43.0 Å². The normalized spacial score (nSPS) is 20.5. The van der Waals surface area contributed by atoms with E-state index in [1.807, 2.05) is 12.1 Å². The van der Waals surface area contributed by atoms with Gasteiger partial charge < -0.3 is 10.1 Å². The average molecular weight is 241 g/mol. The van der Waals surface area contributed by atoms with Gasteiger partial charge in [-0.1, -0.05) is 12.1 Å². The molecule has 0 aromatic heterocycles. The second-order valence-corrected chi connectivity index (χ2v) is 4.31. The van der Waals surface area contributed by atoms with Crippen molar-refractivity contribution in [2.45, 2.75) is 25.2 Å². The van der Waals surface area contributed by atoms with E-state index in [0.29, 0.717) is 11.7 Å². The fourth-order valence-electron chi connectivity index (χ4n) is 2.13. The van der Waals surface area contributed by atoms with Crippen LogP contribution in [0.15, 0.2) is 24.3 Å². The minimum atomic E-state index is -2.42. The number of alkyl halides is 2. The molecule has 1 aromatic rings. The van der Waals surface area contributed by atoms with Crippen LogP contribution < -0.4 is 10.1 Å². The van der Waals surface area contributed by atoms with Crippen LogP contribution in [0.5, 0.6) is 5.75 Å². The lowest BCUT2D eigenvalue weighted by atomic mass is 9.92. The van der Waals surface area contributed by atoms with Crippen molar-refractivity contribution < 1.29 is 13.5 Å². The Labute approximate surface area is 100.0 Å². The Balaban J connectivity index is 1.92. The van der Waals surface area contributed by atoms with Gasteiger partial charge in [0, 0.05) is 6.54 Å². The third-order valence-electron chi connectivity index (χ3n) is 3.02. The molecule has 1 fully saturated rings. The Morgan fingerprint density at radius 1 is 1.29 bits per heavy atom. The highest BCUT2D eigenvalue weighted by atomic mass is 19.3. The molecule has 1 saturated heterocycles. The molecule has 1 aliphatic rings. The molecule has 0 amide bonds. The predicted octanol–water partition coefficient (Wildman–Crippen LogP) is 2.80. The first-order valence-electron chi connectivity index (χ1n) is 5.97. The first kappa shape index (κ1) is 12.3. The molecule has 1 aromatic carbocycles. The third-order valence-corrected chi connectivity index (χ3v) is 3.02. The van der Waals surface area contributed by atoms with Crippen LogP contribution in [0.1, 0.15) is 24.3 Å². The molecule has 1 N–H and O–H groups in total. The number of ether oxygens (including phenoxy) is 1. The van der Waals surface area contributed by atoms with Gasteiger partial charge >= 0.3 is 0 Å². The summed E-state index contributed by atoms with van der Waals surface area (Å²) < 4.78 is 28.9. The zero-order chi connectivity index (χ0) is 12.1. The first-order valence-corrected chi connectivity index (χ1v) is 5.97. The molecule has 0 spiro atoms. The van der Waals surface area contributed by atoms with Crippen molar-refractivity contribution in [3.8, 4) is 5.75 Å². The largest absolute Gasteiger partial charge is 0.488 e. The number of rotatable bonds is 4. The molecule has 1 unspecified atom stereocenters. The van der Waals surface area contributed by atoms with Crippen LogP contribution in [0.25, 0.3) is 0 Å². The smallest absolute Gasteiger partial charge is 0.272 e. The maximum atomic E-state index is 12.0. The minimum Gasteiger partial charge on any atom is -0.488 e. The molecule has 2 nitrogen and oxygen atoms in total. The molecule has 4 heteroatoms. The van der Waals surface area contributed by atoms with Crippen LogP contribution in [0.3, 0.4) is 0 Å². The van der Waals surface area contributed by atoms with E-state index >= 15 is 0 Å². The molecule has 1 heterocycles. The maximum absolute atomic E-state index is 12.0. The summed E-state index contributed by atoms with van der Waals surface area (Å²) in [6.07, 6.45) is -0.0457. The highest BCUT2D eigenvalue weighted by Crippen LogP contribution is 2.25. The number of hydrogen-bond donors (Lipinski definition) is 1. The summed E-state index contributed by atoms with van der Waals surface area (Å²) >= 11 is 0. The molecule has 94 valence electrons. The second kappa shape index (κ2) is 5.96. The van der Waals surface area contributed by atoms with Crippen molar-refractivity contribution in [3.63, 3.8) is 0 Å². The first-order chi connectivity index (χ1) is 8.25. The monoisotopic (exact) mass is 241 g/mol. The van der Waals surface area contributed by atoms with Crippen LogP contribution >= 0.6 is 0 Å². The zero-order valence-corrected chi connectivity index (χ0v) is 9.66. The Hall–Kier alpha value is -1.16. The zero-order valence-electron chi connectivity index (χ0n) is 9.66. The lowest BCUT2D eigenvalue weighted by molar-refractivity contribution is 0.0819. The fourth-order valence-corrected chi connectivity index (χ4v) is 2.13. The van der Waals surface area contributed by atoms with Gasteiger partial charge in [0.15, 0.2) is 0 Å². The van der Waals surface area contributed by atoms with Gasteiger partial charge in [0.1, 0.15) is 12.4 Å². The summed E-state index contributed by atoms with van der Waals surface area (Å²) in [6, 6.07) is 7.48. The summed E-state index contributed by atoms with van der Waals surface area (Å²) in [6.45, 7) is 1.55. The fraction of sp³-hybridized carbons (Fsp3) is 0.538. The van der Waals surface area contributed by atoms with Gasteiger partial charge in [-0.3, -0.25) is 0 Å². The minimum absolute atomic E-state index is 0.512. The van der Waals surface area contributed by atoms with E-state index in [9.17, 15) is 8.78 Å². The highest BCUT2D eigenvalue weighted by molar-refractivity contribution is 5.29. The lowest BCUT2D eigenvalue weighted by Gasteiger charge is -2.23. The topological polar surface area (TPSA) is 21.3 Å². The number of benzene rings is 1. The highest BCUT2D eigenvalue weighted by Gasteiger charge is 2.14. The van der Waals surface area contributed by atoms with E-state index in [-0.39, 0.29) is 0 Å². The van der Waals surface area contributed by atoms with E-state index in [1.54, 1.807) is 12.1 Å². The van der Waals surface area contributed by atoms with Crippen LogP contribution in [0.2, 0.25) is 0 Å². The summed E-state index contributed by atoms with van der Waals surface area (Å²) in [5.74, 6) is 1.05. The van der Waals surface area contributed by atoms with Crippen molar-refractivity contribution in [1.82, 2.24) is 5.32 Å². The van der Waals surface area contributed by atoms with Crippen LogP contribution in [-0.4, -0.2) is 26.1 Å². The van der Waals surface area contributed by atoms with Gasteiger partial charge in [-0.15, -0.1) is 0 Å². The van der Waals surface area contributed by atoms with Crippen molar-refractivity contribution in [3.05, 3.63) is 29.8 Å². The second-order valence-electron chi connectivity index (χ2n) is 4.31. The van der Waals surface area contributed by atoms with E-state index in [0.717, 1.165) is 13.1 Å². The third kappa shape index (κ3) is 3.66. The van der Waals surface area contributed by atoms with Gasteiger partial charge in [-0.25, -0.2) is 8.78 Å². The maximum Gasteiger partial charge on any atom is 0.272 e. The Morgan fingerprint density at radius 3 is 2.65 bits per heavy atom. The molecular formula is C13H17F2NO. The molecule has 2 rings (SSSR count). The van der Waals surface area contributed by atoms with E-state index in [2.05, 4.69) is 5.32 Å². The van der Waals surface area contributed by atoms with Crippen molar-refractivity contribution in [2.75, 3.05) is 19.7 Å². The molecular weight excluding hydrogens is 224 g/mol. The van der Waals surface area contributed by atoms with E-state index in [4.69, 9.17) is 4.74 Å². The number of piperidine rings is 1. The SMILES string of the molecule is FC(F)COc1ccc(C2CCCNC2)cc1. The Bertz CT molecular complexity index is 334. The quantitative estimate of drug-likeness (QED) is 0.875. The summed E-state index contributed by atoms with van der Waals surface area (Å²) in [5, 5.41) is 3.36. The Kier molecular flexibility index (Phi) is 4.31. The van der Waals surface area contributed by atoms with Crippen molar-refractivity contribution >= 4 is 0 Å². The van der Waals surface area contributed by atoms with Gasteiger partial charge in [-0.2, -0.15) is 0 Å². The molecule has 0 aliphatic carbocycles. The Morgan fingerprint density at radius 2 is 2.06 bits per heavy atom. The van der Waals surface area contributed by atoms with Crippen molar-refractivity contribution in [2.24, 2.45) is 0 Å². The molecule has 17 heavy (non-hydrogen) atoms. The van der Waals surface area contributed by atoms with Crippen LogP contribution in [0.4, 0.5) is 8.78 Å². The van der Waals surface area contributed by atoms with Gasteiger partial charge in [0.05, 0.1) is 0 Å². The molecule has 0 saturated carbocycles. The number of halogens is 2. The summed E-state index contributed by atoms with van der Waals surface area (Å²) in [5.41, 5.74) is 1.25. The molecule has 1 atom stereocenters.